The maximum Gasteiger partial charge on any atom is 1.00 e. The Hall–Kier alpha value is -0.214. The molecule has 150 valence electrons. The number of phenols is 1. The molecule has 0 aromatic heterocycles. The van der Waals surface area contributed by atoms with Gasteiger partial charge in [0.05, 0.1) is 7.11 Å². The smallest absolute Gasteiger partial charge is 0.683 e. The second-order valence-electron chi connectivity index (χ2n) is 6.45. The summed E-state index contributed by atoms with van der Waals surface area (Å²) in [4.78, 5) is 0.983. The van der Waals surface area contributed by atoms with Gasteiger partial charge in [-0.05, 0) is 50.6 Å². The zero-order chi connectivity index (χ0) is 20.1. The number of nitrogens with zero attached hydrogens (tertiary/aromatic N) is 1. The van der Waals surface area contributed by atoms with Gasteiger partial charge in [0.15, 0.2) is 0 Å². The van der Waals surface area contributed by atoms with Crippen LogP contribution in [0.25, 0.3) is 5.32 Å². The Morgan fingerprint density at radius 1 is 1.07 bits per heavy atom. The van der Waals surface area contributed by atoms with Crippen LogP contribution < -0.4 is 61.4 Å². The first-order chi connectivity index (χ1) is 13.0. The van der Waals surface area contributed by atoms with Crippen LogP contribution in [0.1, 0.15) is 37.3 Å². The fourth-order valence-corrected chi connectivity index (χ4v) is 2.62. The minimum Gasteiger partial charge on any atom is -0.683 e. The average molecular weight is 429 g/mol. The Morgan fingerprint density at radius 3 is 2.36 bits per heavy atom. The summed E-state index contributed by atoms with van der Waals surface area (Å²) in [6.07, 6.45) is 3.86. The molecule has 0 bridgehead atoms. The molecule has 4 nitrogen and oxygen atoms in total. The molecule has 0 aliphatic heterocycles. The molecule has 2 N–H and O–H groups in total. The van der Waals surface area contributed by atoms with Crippen LogP contribution in [-0.4, -0.2) is 31.9 Å². The van der Waals surface area contributed by atoms with E-state index in [9.17, 15) is 0 Å². The van der Waals surface area contributed by atoms with E-state index in [1.165, 1.54) is 19.3 Å². The Labute approximate surface area is 218 Å². The SMILES string of the molecule is CCCCCNCC[N-]c1ccc(S)cc1.COc1cc(O)cc(C)c1C.[K+]. The Bertz CT molecular complexity index is 666. The quantitative estimate of drug-likeness (QED) is 0.327. The van der Waals surface area contributed by atoms with E-state index in [1.54, 1.807) is 19.2 Å². The number of hydrogen-bond acceptors (Lipinski definition) is 4. The number of methoxy groups -OCH3 is 1. The molecule has 28 heavy (non-hydrogen) atoms. The molecule has 0 heterocycles. The topological polar surface area (TPSA) is 55.6 Å². The van der Waals surface area contributed by atoms with E-state index in [0.717, 1.165) is 47.1 Å². The number of nitrogens with one attached hydrogen (secondary N) is 1. The third-order valence-corrected chi connectivity index (χ3v) is 4.51. The van der Waals surface area contributed by atoms with Gasteiger partial charge in [-0.3, -0.25) is 0 Å². The predicted octanol–water partition coefficient (Wildman–Crippen LogP) is 2.78. The number of benzene rings is 2. The molecule has 2 aromatic carbocycles. The second-order valence-corrected chi connectivity index (χ2v) is 6.96. The summed E-state index contributed by atoms with van der Waals surface area (Å²) in [5.41, 5.74) is 3.15. The van der Waals surface area contributed by atoms with Crippen LogP contribution in [0.15, 0.2) is 41.3 Å². The summed E-state index contributed by atoms with van der Waals surface area (Å²) < 4.78 is 5.05. The fraction of sp³-hybridized carbons (Fsp3) is 0.455. The maximum absolute atomic E-state index is 9.17. The van der Waals surface area contributed by atoms with Crippen molar-refractivity contribution in [3.05, 3.63) is 52.8 Å². The van der Waals surface area contributed by atoms with Gasteiger partial charge in [-0.1, -0.05) is 44.0 Å². The van der Waals surface area contributed by atoms with Crippen molar-refractivity contribution in [2.24, 2.45) is 0 Å². The fourth-order valence-electron chi connectivity index (χ4n) is 2.47. The van der Waals surface area contributed by atoms with E-state index in [1.807, 2.05) is 38.1 Å². The van der Waals surface area contributed by atoms with Crippen molar-refractivity contribution in [1.29, 1.82) is 0 Å². The third-order valence-electron chi connectivity index (χ3n) is 4.21. The number of aryl methyl sites for hydroxylation is 1. The van der Waals surface area contributed by atoms with Gasteiger partial charge in [-0.15, -0.1) is 24.9 Å². The molecular weight excluding hydrogens is 395 g/mol. The molecule has 0 atom stereocenters. The van der Waals surface area contributed by atoms with Gasteiger partial charge < -0.3 is 20.5 Å². The number of rotatable bonds is 9. The van der Waals surface area contributed by atoms with Crippen LogP contribution in [0.2, 0.25) is 0 Å². The molecule has 0 saturated carbocycles. The van der Waals surface area contributed by atoms with Gasteiger partial charge in [0.1, 0.15) is 11.5 Å². The Morgan fingerprint density at radius 2 is 1.75 bits per heavy atom. The molecule has 0 unspecified atom stereocenters. The van der Waals surface area contributed by atoms with E-state index in [-0.39, 0.29) is 57.1 Å². The van der Waals surface area contributed by atoms with Crippen LogP contribution in [0.4, 0.5) is 5.69 Å². The van der Waals surface area contributed by atoms with Crippen molar-refractivity contribution in [2.75, 3.05) is 26.7 Å². The summed E-state index contributed by atoms with van der Waals surface area (Å²) in [5.74, 6) is 0.993. The molecule has 0 amide bonds. The summed E-state index contributed by atoms with van der Waals surface area (Å²) >= 11 is 4.23. The molecule has 2 aromatic rings. The van der Waals surface area contributed by atoms with Gasteiger partial charge in [-0.2, -0.15) is 0 Å². The number of hydrogen-bond donors (Lipinski definition) is 3. The second kappa shape index (κ2) is 16.6. The minimum absolute atomic E-state index is 0. The van der Waals surface area contributed by atoms with Gasteiger partial charge in [0.25, 0.3) is 0 Å². The zero-order valence-electron chi connectivity index (χ0n) is 18.0. The van der Waals surface area contributed by atoms with Crippen LogP contribution >= 0.6 is 12.6 Å². The van der Waals surface area contributed by atoms with Gasteiger partial charge in [0, 0.05) is 11.0 Å². The van der Waals surface area contributed by atoms with Gasteiger partial charge >= 0.3 is 51.4 Å². The summed E-state index contributed by atoms with van der Waals surface area (Å²) in [7, 11) is 1.60. The number of phenolic OH excluding ortho intramolecular Hbond substituents is 1. The van der Waals surface area contributed by atoms with Crippen molar-refractivity contribution >= 4 is 18.3 Å². The Balaban J connectivity index is 0.000000535. The van der Waals surface area contributed by atoms with Crippen molar-refractivity contribution < 1.29 is 61.2 Å². The van der Waals surface area contributed by atoms with Gasteiger partial charge in [-0.25, -0.2) is 0 Å². The number of unbranched alkanes of at least 4 members (excludes halogenated alkanes) is 2. The minimum atomic E-state index is 0. The monoisotopic (exact) mass is 428 g/mol. The molecule has 0 saturated heterocycles. The largest absolute Gasteiger partial charge is 1.00 e. The molecule has 6 heteroatoms. The maximum atomic E-state index is 9.17. The van der Waals surface area contributed by atoms with Crippen molar-refractivity contribution in [2.45, 2.75) is 44.9 Å². The normalized spacial score (nSPS) is 9.75. The molecular formula is C22H33KN2O2S. The van der Waals surface area contributed by atoms with Crippen molar-refractivity contribution in [3.63, 3.8) is 0 Å². The van der Waals surface area contributed by atoms with Crippen LogP contribution in [0.3, 0.4) is 0 Å². The summed E-state index contributed by atoms with van der Waals surface area (Å²) in [5, 5.41) is 17.0. The van der Waals surface area contributed by atoms with Crippen molar-refractivity contribution in [3.8, 4) is 11.5 Å². The molecule has 0 radical (unpaired) electrons. The average Bonchev–Trinajstić information content (AvgIpc) is 2.66. The Kier molecular flexibility index (Phi) is 16.4. The molecule has 0 aliphatic carbocycles. The van der Waals surface area contributed by atoms with Crippen LogP contribution in [0.5, 0.6) is 11.5 Å². The molecule has 2 rings (SSSR count). The number of thiol groups is 1. The summed E-state index contributed by atoms with van der Waals surface area (Å²) in [6.45, 7) is 9.05. The van der Waals surface area contributed by atoms with E-state index in [4.69, 9.17) is 9.84 Å². The molecule has 0 fully saturated rings. The third kappa shape index (κ3) is 11.7. The van der Waals surface area contributed by atoms with Crippen molar-refractivity contribution in [1.82, 2.24) is 5.32 Å². The van der Waals surface area contributed by atoms with E-state index >= 15 is 0 Å². The first-order valence-electron chi connectivity index (χ1n) is 9.49. The first kappa shape index (κ1) is 27.8. The van der Waals surface area contributed by atoms with E-state index < -0.39 is 0 Å². The standard InChI is InChI=1S/C13H21N2S.C9H12O2.K/c1-2-3-4-9-14-10-11-15-12-5-7-13(16)8-6-12;1-6-4-8(10)5-9(11-3)7(6)2;/h5-8,14,16H,2-4,9-11H2,1H3;4-5,10H,1-3H3;/q-1;;+1. The van der Waals surface area contributed by atoms with Crippen LogP contribution in [-0.2, 0) is 0 Å². The first-order valence-corrected chi connectivity index (χ1v) is 9.94. The summed E-state index contributed by atoms with van der Waals surface area (Å²) in [6, 6.07) is 11.3. The molecule has 0 spiro atoms. The van der Waals surface area contributed by atoms with E-state index in [0.29, 0.717) is 0 Å². The van der Waals surface area contributed by atoms with E-state index in [2.05, 4.69) is 30.2 Å². The molecule has 0 aliphatic rings. The zero-order valence-corrected chi connectivity index (χ0v) is 22.0. The number of ether oxygens (including phenoxy) is 1. The predicted molar refractivity (Wildman–Crippen MR) is 118 cm³/mol. The van der Waals surface area contributed by atoms with Gasteiger partial charge in [0.2, 0.25) is 0 Å². The van der Waals surface area contributed by atoms with Crippen LogP contribution in [0, 0.1) is 13.8 Å². The number of aromatic hydroxyl groups is 1.